The summed E-state index contributed by atoms with van der Waals surface area (Å²) in [4.78, 5) is 17.5. The maximum Gasteiger partial charge on any atom is 0.248 e. The molecule has 172 valence electrons. The van der Waals surface area contributed by atoms with Crippen molar-refractivity contribution in [3.05, 3.63) is 88.6 Å². The van der Waals surface area contributed by atoms with E-state index in [4.69, 9.17) is 21.1 Å². The Bertz CT molecular complexity index is 1410. The lowest BCUT2D eigenvalue weighted by Gasteiger charge is -2.15. The van der Waals surface area contributed by atoms with Crippen LogP contribution in [0.15, 0.2) is 66.9 Å². The number of aryl methyl sites for hydroxylation is 2. The van der Waals surface area contributed by atoms with Crippen LogP contribution in [0.5, 0.6) is 11.5 Å². The molecule has 3 aromatic carbocycles. The molecule has 1 heterocycles. The Labute approximate surface area is 204 Å². The van der Waals surface area contributed by atoms with Crippen molar-refractivity contribution in [1.82, 2.24) is 4.98 Å². The van der Waals surface area contributed by atoms with Crippen LogP contribution in [0.2, 0.25) is 5.02 Å². The normalized spacial score (nSPS) is 11.1. The highest BCUT2D eigenvalue weighted by atomic mass is 35.5. The highest BCUT2D eigenvalue weighted by Gasteiger charge is 2.16. The fraction of sp³-hybridized carbons (Fsp3) is 0.143. The van der Waals surface area contributed by atoms with Crippen LogP contribution in [0, 0.1) is 13.8 Å². The predicted octanol–water partition coefficient (Wildman–Crippen LogP) is 6.84. The van der Waals surface area contributed by atoms with E-state index in [0.29, 0.717) is 22.2 Å². The van der Waals surface area contributed by atoms with Gasteiger partial charge in [0, 0.05) is 27.6 Å². The Balaban J connectivity index is 1.72. The summed E-state index contributed by atoms with van der Waals surface area (Å²) >= 11 is 6.56. The minimum absolute atomic E-state index is 0.284. The fourth-order valence-electron chi connectivity index (χ4n) is 3.80. The number of anilines is 1. The predicted molar refractivity (Wildman–Crippen MR) is 139 cm³/mol. The topological polar surface area (TPSA) is 60.5 Å². The third-order valence-corrected chi connectivity index (χ3v) is 6.05. The molecule has 1 N–H and O–H groups in total. The number of pyridine rings is 1. The Morgan fingerprint density at radius 2 is 1.71 bits per heavy atom. The first-order chi connectivity index (χ1) is 16.4. The van der Waals surface area contributed by atoms with E-state index in [-0.39, 0.29) is 5.91 Å². The minimum Gasteiger partial charge on any atom is -0.493 e. The lowest BCUT2D eigenvalue weighted by molar-refractivity contribution is -0.111. The van der Waals surface area contributed by atoms with Gasteiger partial charge in [-0.25, -0.2) is 0 Å². The monoisotopic (exact) mass is 472 g/mol. The number of methoxy groups -OCH3 is 2. The highest BCUT2D eigenvalue weighted by molar-refractivity contribution is 6.34. The number of carbonyl (C=O) groups excluding carboxylic acids is 1. The third kappa shape index (κ3) is 4.75. The number of amides is 1. The molecule has 34 heavy (non-hydrogen) atoms. The van der Waals surface area contributed by atoms with Crippen LogP contribution in [0.3, 0.4) is 0 Å². The first kappa shape index (κ1) is 23.3. The highest BCUT2D eigenvalue weighted by Crippen LogP contribution is 2.39. The van der Waals surface area contributed by atoms with Crippen molar-refractivity contribution in [3.8, 4) is 22.6 Å². The second-order valence-corrected chi connectivity index (χ2v) is 8.32. The van der Waals surface area contributed by atoms with Gasteiger partial charge in [-0.05, 0) is 66.9 Å². The van der Waals surface area contributed by atoms with Gasteiger partial charge < -0.3 is 14.8 Å². The van der Waals surface area contributed by atoms with Crippen LogP contribution in [-0.4, -0.2) is 25.1 Å². The van der Waals surface area contributed by atoms with Gasteiger partial charge in [0.2, 0.25) is 5.91 Å². The zero-order valence-corrected chi connectivity index (χ0v) is 20.2. The Kier molecular flexibility index (Phi) is 6.85. The van der Waals surface area contributed by atoms with E-state index in [1.54, 1.807) is 38.6 Å². The molecule has 0 aliphatic carbocycles. The molecule has 5 nitrogen and oxygen atoms in total. The van der Waals surface area contributed by atoms with Crippen molar-refractivity contribution in [2.45, 2.75) is 13.8 Å². The van der Waals surface area contributed by atoms with E-state index in [1.807, 2.05) is 36.4 Å². The third-order valence-electron chi connectivity index (χ3n) is 5.72. The standard InChI is InChI=1S/C28H25ClN2O3/c1-17-13-21-23(14-18(17)2)30-16-24(28(21)20-7-5-6-8-22(20)29)31-27(32)12-10-19-9-11-25(33-3)26(15-19)34-4/h5-16H,1-4H3,(H,31,32). The number of benzene rings is 3. The van der Waals surface area contributed by atoms with Gasteiger partial charge in [-0.1, -0.05) is 35.9 Å². The summed E-state index contributed by atoms with van der Waals surface area (Å²) < 4.78 is 10.6. The first-order valence-electron chi connectivity index (χ1n) is 10.8. The van der Waals surface area contributed by atoms with Crippen LogP contribution in [0.4, 0.5) is 5.69 Å². The van der Waals surface area contributed by atoms with E-state index in [2.05, 4.69) is 30.2 Å². The second-order valence-electron chi connectivity index (χ2n) is 7.92. The van der Waals surface area contributed by atoms with Gasteiger partial charge >= 0.3 is 0 Å². The molecule has 1 aromatic heterocycles. The van der Waals surface area contributed by atoms with Gasteiger partial charge in [0.25, 0.3) is 0 Å². The SMILES string of the molecule is COc1ccc(C=CC(=O)Nc2cnc3cc(C)c(C)cc3c2-c2ccccc2Cl)cc1OC. The van der Waals surface area contributed by atoms with Crippen molar-refractivity contribution in [2.24, 2.45) is 0 Å². The smallest absolute Gasteiger partial charge is 0.248 e. The van der Waals surface area contributed by atoms with Crippen LogP contribution >= 0.6 is 11.6 Å². The summed E-state index contributed by atoms with van der Waals surface area (Å²) in [6, 6.07) is 17.2. The molecule has 0 spiro atoms. The average molecular weight is 473 g/mol. The summed E-state index contributed by atoms with van der Waals surface area (Å²) in [5.41, 5.74) is 6.20. The molecule has 4 rings (SSSR count). The largest absolute Gasteiger partial charge is 0.493 e. The molecule has 0 bridgehead atoms. The number of hydrogen-bond donors (Lipinski definition) is 1. The molecule has 0 fully saturated rings. The Morgan fingerprint density at radius 1 is 0.971 bits per heavy atom. The maximum atomic E-state index is 12.9. The van der Waals surface area contributed by atoms with Crippen LogP contribution < -0.4 is 14.8 Å². The molecule has 0 aliphatic heterocycles. The van der Waals surface area contributed by atoms with E-state index >= 15 is 0 Å². The number of nitrogens with zero attached hydrogens (tertiary/aromatic N) is 1. The lowest BCUT2D eigenvalue weighted by Crippen LogP contribution is -2.09. The minimum atomic E-state index is -0.284. The number of aromatic nitrogens is 1. The summed E-state index contributed by atoms with van der Waals surface area (Å²) in [6.07, 6.45) is 4.87. The molecule has 0 saturated heterocycles. The number of nitrogens with one attached hydrogen (secondary N) is 1. The number of halogens is 1. The van der Waals surface area contributed by atoms with Gasteiger partial charge in [-0.2, -0.15) is 0 Å². The van der Waals surface area contributed by atoms with Gasteiger partial charge in [0.15, 0.2) is 11.5 Å². The number of carbonyl (C=O) groups is 1. The molecule has 0 radical (unpaired) electrons. The zero-order valence-electron chi connectivity index (χ0n) is 19.5. The van der Waals surface area contributed by atoms with Crippen LogP contribution in [0.25, 0.3) is 28.1 Å². The van der Waals surface area contributed by atoms with Crippen molar-refractivity contribution in [3.63, 3.8) is 0 Å². The summed E-state index contributed by atoms with van der Waals surface area (Å²) in [5.74, 6) is 0.935. The molecule has 1 amide bonds. The molecule has 0 aliphatic rings. The maximum absolute atomic E-state index is 12.9. The van der Waals surface area contributed by atoms with Gasteiger partial charge in [-0.15, -0.1) is 0 Å². The van der Waals surface area contributed by atoms with Crippen molar-refractivity contribution < 1.29 is 14.3 Å². The molecule has 0 atom stereocenters. The quantitative estimate of drug-likeness (QED) is 0.312. The van der Waals surface area contributed by atoms with E-state index < -0.39 is 0 Å². The summed E-state index contributed by atoms with van der Waals surface area (Å²) in [5, 5.41) is 4.51. The molecule has 4 aromatic rings. The summed E-state index contributed by atoms with van der Waals surface area (Å²) in [7, 11) is 3.15. The van der Waals surface area contributed by atoms with E-state index in [9.17, 15) is 4.79 Å². The zero-order chi connectivity index (χ0) is 24.2. The fourth-order valence-corrected chi connectivity index (χ4v) is 4.03. The second kappa shape index (κ2) is 9.98. The van der Waals surface area contributed by atoms with E-state index in [1.165, 1.54) is 6.08 Å². The first-order valence-corrected chi connectivity index (χ1v) is 11.1. The lowest BCUT2D eigenvalue weighted by atomic mass is 9.96. The Morgan fingerprint density at radius 3 is 2.44 bits per heavy atom. The van der Waals surface area contributed by atoms with Crippen molar-refractivity contribution in [1.29, 1.82) is 0 Å². The molecular weight excluding hydrogens is 448 g/mol. The van der Waals surface area contributed by atoms with Gasteiger partial charge in [-0.3, -0.25) is 9.78 Å². The van der Waals surface area contributed by atoms with Crippen LogP contribution in [-0.2, 0) is 4.79 Å². The number of hydrogen-bond acceptors (Lipinski definition) is 4. The number of ether oxygens (including phenoxy) is 2. The van der Waals surface area contributed by atoms with E-state index in [0.717, 1.165) is 38.7 Å². The summed E-state index contributed by atoms with van der Waals surface area (Å²) in [6.45, 7) is 4.11. The number of fused-ring (bicyclic) bond motifs is 1. The van der Waals surface area contributed by atoms with Gasteiger partial charge in [0.1, 0.15) is 0 Å². The molecular formula is C28H25ClN2O3. The van der Waals surface area contributed by atoms with Gasteiger partial charge in [0.05, 0.1) is 31.6 Å². The number of rotatable bonds is 6. The average Bonchev–Trinajstić information content (AvgIpc) is 2.84. The van der Waals surface area contributed by atoms with Crippen molar-refractivity contribution >= 4 is 40.2 Å². The Hall–Kier alpha value is -3.83. The molecule has 0 saturated carbocycles. The molecule has 0 unspecified atom stereocenters. The molecule has 6 heteroatoms. The van der Waals surface area contributed by atoms with Crippen molar-refractivity contribution in [2.75, 3.05) is 19.5 Å². The van der Waals surface area contributed by atoms with Crippen LogP contribution in [0.1, 0.15) is 16.7 Å².